The lowest BCUT2D eigenvalue weighted by Gasteiger charge is -2.26. The molecule has 1 aromatic heterocycles. The van der Waals surface area contributed by atoms with E-state index in [1.54, 1.807) is 30.3 Å². The number of nitrogens with one attached hydrogen (secondary N) is 2. The molecular weight excluding hydrogens is 441 g/mol. The molecular formula is C25H32FN3O3S. The second kappa shape index (κ2) is 11.1. The Labute approximate surface area is 195 Å². The molecule has 0 spiro atoms. The Morgan fingerprint density at radius 1 is 1.03 bits per heavy atom. The number of fused-ring (bicyclic) bond motifs is 1. The smallest absolute Gasteiger partial charge is 0.240 e. The number of nitrogens with zero attached hydrogens (tertiary/aromatic N) is 1. The first-order chi connectivity index (χ1) is 16.0. The SMILES string of the molecule is O=S(=O)(NCCCc1c[nH]c2ccc(F)cc12)c1ccc(OCCCN2CCCCC2)cc1. The van der Waals surface area contributed by atoms with Crippen molar-refractivity contribution in [3.8, 4) is 5.75 Å². The molecule has 2 aromatic carbocycles. The molecule has 178 valence electrons. The molecule has 1 aliphatic rings. The Morgan fingerprint density at radius 2 is 1.82 bits per heavy atom. The summed E-state index contributed by atoms with van der Waals surface area (Å²) in [7, 11) is -3.59. The van der Waals surface area contributed by atoms with Gasteiger partial charge in [0.2, 0.25) is 10.0 Å². The van der Waals surface area contributed by atoms with Crippen LogP contribution in [0.3, 0.4) is 0 Å². The quantitative estimate of drug-likeness (QED) is 0.403. The monoisotopic (exact) mass is 473 g/mol. The van der Waals surface area contributed by atoms with Crippen molar-refractivity contribution in [2.75, 3.05) is 32.8 Å². The van der Waals surface area contributed by atoms with Gasteiger partial charge in [0, 0.05) is 30.2 Å². The average Bonchev–Trinajstić information content (AvgIpc) is 3.22. The fourth-order valence-electron chi connectivity index (χ4n) is 4.30. The molecule has 1 saturated heterocycles. The van der Waals surface area contributed by atoms with Crippen molar-refractivity contribution in [2.24, 2.45) is 0 Å². The van der Waals surface area contributed by atoms with E-state index in [0.717, 1.165) is 29.4 Å². The van der Waals surface area contributed by atoms with E-state index < -0.39 is 10.0 Å². The molecule has 0 bridgehead atoms. The highest BCUT2D eigenvalue weighted by Gasteiger charge is 2.14. The lowest BCUT2D eigenvalue weighted by Crippen LogP contribution is -2.31. The number of benzene rings is 2. The summed E-state index contributed by atoms with van der Waals surface area (Å²) < 4.78 is 47.1. The fraction of sp³-hybridized carbons (Fsp3) is 0.440. The van der Waals surface area contributed by atoms with Gasteiger partial charge in [-0.05, 0) is 93.2 Å². The van der Waals surface area contributed by atoms with E-state index in [9.17, 15) is 12.8 Å². The van der Waals surface area contributed by atoms with Crippen LogP contribution in [0.15, 0.2) is 53.6 Å². The largest absolute Gasteiger partial charge is 0.494 e. The van der Waals surface area contributed by atoms with Gasteiger partial charge in [-0.2, -0.15) is 0 Å². The number of hydrogen-bond acceptors (Lipinski definition) is 4. The predicted molar refractivity (Wildman–Crippen MR) is 129 cm³/mol. The van der Waals surface area contributed by atoms with Crippen LogP contribution < -0.4 is 9.46 Å². The van der Waals surface area contributed by atoms with Gasteiger partial charge in [0.05, 0.1) is 11.5 Å². The van der Waals surface area contributed by atoms with Crippen molar-refractivity contribution >= 4 is 20.9 Å². The Morgan fingerprint density at radius 3 is 2.61 bits per heavy atom. The zero-order valence-corrected chi connectivity index (χ0v) is 19.7. The third-order valence-electron chi connectivity index (χ3n) is 6.11. The number of aryl methyl sites for hydroxylation is 1. The van der Waals surface area contributed by atoms with Crippen LogP contribution in [0.5, 0.6) is 5.75 Å². The summed E-state index contributed by atoms with van der Waals surface area (Å²) in [5, 5.41) is 0.837. The maximum absolute atomic E-state index is 13.5. The number of hydrogen-bond donors (Lipinski definition) is 2. The molecule has 3 aromatic rings. The highest BCUT2D eigenvalue weighted by Crippen LogP contribution is 2.21. The first-order valence-electron chi connectivity index (χ1n) is 11.7. The maximum Gasteiger partial charge on any atom is 0.240 e. The number of aromatic amines is 1. The van der Waals surface area contributed by atoms with Crippen LogP contribution >= 0.6 is 0 Å². The molecule has 2 N–H and O–H groups in total. The number of H-pyrrole nitrogens is 1. The third-order valence-corrected chi connectivity index (χ3v) is 7.59. The molecule has 6 nitrogen and oxygen atoms in total. The van der Waals surface area contributed by atoms with Gasteiger partial charge in [0.15, 0.2) is 0 Å². The van der Waals surface area contributed by atoms with Crippen LogP contribution in [0.2, 0.25) is 0 Å². The van der Waals surface area contributed by atoms with Gasteiger partial charge in [0.25, 0.3) is 0 Å². The molecule has 4 rings (SSSR count). The van der Waals surface area contributed by atoms with Crippen LogP contribution in [-0.4, -0.2) is 51.1 Å². The van der Waals surface area contributed by atoms with Crippen molar-refractivity contribution in [2.45, 2.75) is 43.4 Å². The molecule has 2 heterocycles. The summed E-state index contributed by atoms with van der Waals surface area (Å²) in [5.41, 5.74) is 1.85. The number of ether oxygens (including phenoxy) is 1. The average molecular weight is 474 g/mol. The molecule has 1 aliphatic heterocycles. The standard InChI is InChI=1S/C25H32FN3O3S/c26-21-7-12-25-24(18-21)20(19-27-25)6-4-13-28-33(30,31)23-10-8-22(9-11-23)32-17-5-16-29-14-2-1-3-15-29/h7-12,18-19,27-28H,1-6,13-17H2. The molecule has 0 amide bonds. The summed E-state index contributed by atoms with van der Waals surface area (Å²) in [6.07, 6.45) is 7.98. The van der Waals surface area contributed by atoms with Crippen molar-refractivity contribution in [3.05, 3.63) is 60.0 Å². The molecule has 0 unspecified atom stereocenters. The van der Waals surface area contributed by atoms with Crippen LogP contribution in [0.1, 0.15) is 37.7 Å². The van der Waals surface area contributed by atoms with Crippen molar-refractivity contribution < 1.29 is 17.5 Å². The third kappa shape index (κ3) is 6.56. The van der Waals surface area contributed by atoms with Gasteiger partial charge in [-0.3, -0.25) is 0 Å². The minimum Gasteiger partial charge on any atom is -0.494 e. The Balaban J connectivity index is 1.20. The zero-order chi connectivity index (χ0) is 23.1. The second-order valence-corrected chi connectivity index (χ2v) is 10.3. The molecule has 1 fully saturated rings. The molecule has 0 radical (unpaired) electrons. The van der Waals surface area contributed by atoms with Gasteiger partial charge in [-0.15, -0.1) is 0 Å². The van der Waals surface area contributed by atoms with E-state index in [0.29, 0.717) is 31.7 Å². The van der Waals surface area contributed by atoms with Crippen molar-refractivity contribution in [1.29, 1.82) is 0 Å². The minimum absolute atomic E-state index is 0.220. The predicted octanol–water partition coefficient (Wildman–Crippen LogP) is 4.47. The van der Waals surface area contributed by atoms with E-state index in [-0.39, 0.29) is 10.7 Å². The van der Waals surface area contributed by atoms with E-state index in [1.165, 1.54) is 44.5 Å². The number of aromatic nitrogens is 1. The van der Waals surface area contributed by atoms with Gasteiger partial charge >= 0.3 is 0 Å². The summed E-state index contributed by atoms with van der Waals surface area (Å²) in [6, 6.07) is 11.2. The maximum atomic E-state index is 13.5. The van der Waals surface area contributed by atoms with Crippen LogP contribution in [0, 0.1) is 5.82 Å². The Hall–Kier alpha value is -2.42. The topological polar surface area (TPSA) is 74.4 Å². The molecule has 33 heavy (non-hydrogen) atoms. The number of piperidine rings is 1. The number of likely N-dealkylation sites (tertiary alicyclic amines) is 1. The first kappa shape index (κ1) is 23.7. The van der Waals surface area contributed by atoms with E-state index in [2.05, 4.69) is 14.6 Å². The fourth-order valence-corrected chi connectivity index (χ4v) is 5.38. The van der Waals surface area contributed by atoms with Crippen LogP contribution in [-0.2, 0) is 16.4 Å². The van der Waals surface area contributed by atoms with E-state index in [1.807, 2.05) is 6.20 Å². The minimum atomic E-state index is -3.59. The van der Waals surface area contributed by atoms with Gasteiger partial charge < -0.3 is 14.6 Å². The summed E-state index contributed by atoms with van der Waals surface area (Å²) in [5.74, 6) is 0.401. The number of sulfonamides is 1. The zero-order valence-electron chi connectivity index (χ0n) is 18.9. The first-order valence-corrected chi connectivity index (χ1v) is 13.2. The van der Waals surface area contributed by atoms with Crippen molar-refractivity contribution in [1.82, 2.24) is 14.6 Å². The lowest BCUT2D eigenvalue weighted by atomic mass is 10.1. The molecule has 0 saturated carbocycles. The Bertz CT molecular complexity index is 1140. The van der Waals surface area contributed by atoms with Crippen molar-refractivity contribution in [3.63, 3.8) is 0 Å². The second-order valence-electron chi connectivity index (χ2n) is 8.58. The van der Waals surface area contributed by atoms with E-state index >= 15 is 0 Å². The van der Waals surface area contributed by atoms with Crippen LogP contribution in [0.4, 0.5) is 4.39 Å². The van der Waals surface area contributed by atoms with Gasteiger partial charge in [-0.25, -0.2) is 17.5 Å². The lowest BCUT2D eigenvalue weighted by molar-refractivity contribution is 0.205. The summed E-state index contributed by atoms with van der Waals surface area (Å²) >= 11 is 0. The van der Waals surface area contributed by atoms with Gasteiger partial charge in [0.1, 0.15) is 11.6 Å². The number of halogens is 1. The van der Waals surface area contributed by atoms with E-state index in [4.69, 9.17) is 4.74 Å². The van der Waals surface area contributed by atoms with Crippen LogP contribution in [0.25, 0.3) is 10.9 Å². The molecule has 0 aliphatic carbocycles. The number of rotatable bonds is 11. The normalized spacial score (nSPS) is 15.2. The highest BCUT2D eigenvalue weighted by molar-refractivity contribution is 7.89. The Kier molecular flexibility index (Phi) is 8.01. The molecule has 0 atom stereocenters. The summed E-state index contributed by atoms with van der Waals surface area (Å²) in [4.78, 5) is 5.82. The van der Waals surface area contributed by atoms with Gasteiger partial charge in [-0.1, -0.05) is 6.42 Å². The highest BCUT2D eigenvalue weighted by atomic mass is 32.2. The summed E-state index contributed by atoms with van der Waals surface area (Å²) in [6.45, 7) is 4.33. The molecule has 8 heteroatoms.